The molecule has 1 aromatic carbocycles. The van der Waals surface area contributed by atoms with E-state index in [0.717, 1.165) is 55.9 Å². The molecule has 2 fully saturated rings. The van der Waals surface area contributed by atoms with Crippen LogP contribution in [0.1, 0.15) is 135 Å². The van der Waals surface area contributed by atoms with Crippen LogP contribution in [0.25, 0.3) is 0 Å². The Bertz CT molecular complexity index is 793. The fourth-order valence-electron chi connectivity index (χ4n) is 6.66. The number of carbonyl (C=O) groups is 2. The number of hydrogen-bond acceptors (Lipinski definition) is 4. The van der Waals surface area contributed by atoms with Gasteiger partial charge in [0.05, 0.1) is 12.5 Å². The molecule has 1 N–H and O–H groups in total. The quantitative estimate of drug-likeness (QED) is 0.173. The molecule has 0 aliphatic heterocycles. The minimum absolute atomic E-state index is 0.00461. The summed E-state index contributed by atoms with van der Waals surface area (Å²) in [4.78, 5) is 26.3. The van der Waals surface area contributed by atoms with E-state index in [1.54, 1.807) is 0 Å². The molecule has 4 heteroatoms. The lowest BCUT2D eigenvalue weighted by molar-refractivity contribution is -0.157. The van der Waals surface area contributed by atoms with Gasteiger partial charge in [0.2, 0.25) is 0 Å². The number of esters is 1. The summed E-state index contributed by atoms with van der Waals surface area (Å²) in [6.07, 6.45) is 18.7. The topological polar surface area (TPSA) is 55.4 Å². The maximum absolute atomic E-state index is 13.2. The van der Waals surface area contributed by atoms with Crippen LogP contribution in [-0.2, 0) is 14.3 Å². The van der Waals surface area contributed by atoms with Gasteiger partial charge in [-0.05, 0) is 75.7 Å². The van der Waals surface area contributed by atoms with Crippen LogP contribution >= 0.6 is 0 Å². The molecule has 2 atom stereocenters. The van der Waals surface area contributed by atoms with E-state index in [2.05, 4.69) is 19.2 Å². The Morgan fingerprint density at radius 1 is 0.789 bits per heavy atom. The van der Waals surface area contributed by atoms with E-state index < -0.39 is 0 Å². The maximum Gasteiger partial charge on any atom is 0.309 e. The van der Waals surface area contributed by atoms with E-state index >= 15 is 0 Å². The van der Waals surface area contributed by atoms with Crippen molar-refractivity contribution in [1.82, 2.24) is 5.32 Å². The summed E-state index contributed by atoms with van der Waals surface area (Å²) in [5, 5.41) is 3.45. The molecule has 0 radical (unpaired) electrons. The van der Waals surface area contributed by atoms with Crippen molar-refractivity contribution in [2.45, 2.75) is 136 Å². The van der Waals surface area contributed by atoms with Crippen molar-refractivity contribution in [2.24, 2.45) is 23.7 Å². The second-order valence-corrected chi connectivity index (χ2v) is 12.3. The lowest BCUT2D eigenvalue weighted by atomic mass is 9.78. The van der Waals surface area contributed by atoms with Gasteiger partial charge in [-0.25, -0.2) is 0 Å². The number of Topliss-reactive ketones (excluding diaryl/α,β-unsaturated/α-hetero) is 1. The van der Waals surface area contributed by atoms with Gasteiger partial charge in [-0.2, -0.15) is 0 Å². The monoisotopic (exact) mass is 525 g/mol. The molecule has 38 heavy (non-hydrogen) atoms. The number of nitrogens with one attached hydrogen (secondary N) is 1. The molecule has 214 valence electrons. The molecular weight excluding hydrogens is 470 g/mol. The summed E-state index contributed by atoms with van der Waals surface area (Å²) < 4.78 is 6.20. The zero-order chi connectivity index (χ0) is 27.2. The Morgan fingerprint density at radius 3 is 1.84 bits per heavy atom. The molecule has 0 spiro atoms. The highest BCUT2D eigenvalue weighted by Gasteiger charge is 2.32. The Kier molecular flexibility index (Phi) is 13.9. The molecule has 4 nitrogen and oxygen atoms in total. The minimum Gasteiger partial charge on any atom is -0.456 e. The fraction of sp³-hybridized carbons (Fsp3) is 0.765. The molecule has 2 aliphatic rings. The third kappa shape index (κ3) is 10.1. The van der Waals surface area contributed by atoms with Gasteiger partial charge < -0.3 is 10.1 Å². The molecule has 1 aromatic rings. The summed E-state index contributed by atoms with van der Waals surface area (Å²) in [7, 11) is 0. The van der Waals surface area contributed by atoms with Crippen LogP contribution in [0.4, 0.5) is 0 Å². The maximum atomic E-state index is 13.2. The number of hydrogen-bond donors (Lipinski definition) is 1. The molecule has 0 amide bonds. The van der Waals surface area contributed by atoms with E-state index in [-0.39, 0.29) is 30.0 Å². The molecule has 3 rings (SSSR count). The van der Waals surface area contributed by atoms with Crippen molar-refractivity contribution in [3.63, 3.8) is 0 Å². The van der Waals surface area contributed by atoms with Gasteiger partial charge in [-0.1, -0.05) is 95.5 Å². The van der Waals surface area contributed by atoms with Crippen LogP contribution in [0.3, 0.4) is 0 Å². The lowest BCUT2D eigenvalue weighted by Crippen LogP contribution is -2.40. The smallest absolute Gasteiger partial charge is 0.309 e. The Labute approximate surface area is 233 Å². The van der Waals surface area contributed by atoms with Crippen molar-refractivity contribution >= 4 is 11.8 Å². The van der Waals surface area contributed by atoms with E-state index in [1.165, 1.54) is 64.2 Å². The molecule has 0 aromatic heterocycles. The normalized spacial score (nSPS) is 25.4. The first-order valence-electron chi connectivity index (χ1n) is 16.0. The fourth-order valence-corrected chi connectivity index (χ4v) is 6.66. The van der Waals surface area contributed by atoms with Crippen molar-refractivity contribution in [2.75, 3.05) is 6.54 Å². The van der Waals surface area contributed by atoms with E-state index in [1.807, 2.05) is 37.3 Å². The Morgan fingerprint density at radius 2 is 1.32 bits per heavy atom. The number of benzene rings is 1. The number of ether oxygens (including phenoxy) is 1. The van der Waals surface area contributed by atoms with Crippen molar-refractivity contribution in [3.05, 3.63) is 35.9 Å². The summed E-state index contributed by atoms with van der Waals surface area (Å²) >= 11 is 0. The number of carbonyl (C=O) groups excluding carboxylic acids is 2. The third-order valence-electron chi connectivity index (χ3n) is 9.34. The summed E-state index contributed by atoms with van der Waals surface area (Å²) in [5.41, 5.74) is 0.995. The lowest BCUT2D eigenvalue weighted by Gasteiger charge is -2.31. The molecular formula is C34H55NO3. The van der Waals surface area contributed by atoms with E-state index in [0.29, 0.717) is 12.3 Å². The SMILES string of the molecule is CCCCCC1CCC(C(=O)CNC(C)C(OC(=O)C2CCC(CCCCC)CC2)c2ccccc2)CC1. The van der Waals surface area contributed by atoms with Gasteiger partial charge in [0, 0.05) is 12.0 Å². The molecule has 0 heterocycles. The second kappa shape index (κ2) is 17.1. The minimum atomic E-state index is -0.381. The first kappa shape index (κ1) is 30.9. The highest BCUT2D eigenvalue weighted by atomic mass is 16.5. The molecule has 2 saturated carbocycles. The second-order valence-electron chi connectivity index (χ2n) is 12.3. The van der Waals surface area contributed by atoms with Crippen LogP contribution in [-0.4, -0.2) is 24.3 Å². The van der Waals surface area contributed by atoms with Gasteiger partial charge in [0.15, 0.2) is 0 Å². The molecule has 2 unspecified atom stereocenters. The van der Waals surface area contributed by atoms with Gasteiger partial charge in [-0.15, -0.1) is 0 Å². The first-order chi connectivity index (χ1) is 18.5. The van der Waals surface area contributed by atoms with Gasteiger partial charge in [0.25, 0.3) is 0 Å². The van der Waals surface area contributed by atoms with E-state index in [4.69, 9.17) is 4.74 Å². The molecule has 0 saturated heterocycles. The third-order valence-corrected chi connectivity index (χ3v) is 9.34. The van der Waals surface area contributed by atoms with Gasteiger partial charge in [0.1, 0.15) is 11.9 Å². The van der Waals surface area contributed by atoms with E-state index in [9.17, 15) is 9.59 Å². The summed E-state index contributed by atoms with van der Waals surface area (Å²) in [6.45, 7) is 6.92. The standard InChI is InChI=1S/C34H55NO3/c1-4-6-9-13-27-17-21-29(22-18-27)32(36)25-35-26(3)33(30-15-11-8-12-16-30)38-34(37)31-23-19-28(20-24-31)14-10-7-5-2/h8,11-12,15-16,26-29,31,33,35H,4-7,9-10,13-14,17-25H2,1-3H3. The van der Waals surface area contributed by atoms with Crippen molar-refractivity contribution in [1.29, 1.82) is 0 Å². The average Bonchev–Trinajstić information content (AvgIpc) is 2.96. The molecule has 0 bridgehead atoms. The van der Waals surface area contributed by atoms with Crippen LogP contribution in [0, 0.1) is 23.7 Å². The Balaban J connectivity index is 1.48. The summed E-state index contributed by atoms with van der Waals surface area (Å²) in [5.74, 6) is 2.03. The zero-order valence-corrected chi connectivity index (χ0v) is 24.6. The number of unbranched alkanes of at least 4 members (excludes halogenated alkanes) is 4. The van der Waals surface area contributed by atoms with Crippen LogP contribution in [0.2, 0.25) is 0 Å². The van der Waals surface area contributed by atoms with Crippen molar-refractivity contribution < 1.29 is 14.3 Å². The Hall–Kier alpha value is -1.68. The van der Waals surface area contributed by atoms with Gasteiger partial charge >= 0.3 is 5.97 Å². The largest absolute Gasteiger partial charge is 0.456 e. The summed E-state index contributed by atoms with van der Waals surface area (Å²) in [6, 6.07) is 9.91. The highest BCUT2D eigenvalue weighted by molar-refractivity contribution is 5.83. The van der Waals surface area contributed by atoms with Gasteiger partial charge in [-0.3, -0.25) is 9.59 Å². The number of ketones is 1. The zero-order valence-electron chi connectivity index (χ0n) is 24.6. The highest BCUT2D eigenvalue weighted by Crippen LogP contribution is 2.35. The van der Waals surface area contributed by atoms with Crippen LogP contribution < -0.4 is 5.32 Å². The average molecular weight is 526 g/mol. The predicted octanol–water partition coefficient (Wildman–Crippen LogP) is 8.59. The van der Waals surface area contributed by atoms with Crippen LogP contribution in [0.15, 0.2) is 30.3 Å². The first-order valence-corrected chi connectivity index (χ1v) is 16.0. The van der Waals surface area contributed by atoms with Crippen molar-refractivity contribution in [3.8, 4) is 0 Å². The predicted molar refractivity (Wildman–Crippen MR) is 157 cm³/mol. The van der Waals surface area contributed by atoms with Crippen LogP contribution in [0.5, 0.6) is 0 Å². The molecule has 2 aliphatic carbocycles. The number of rotatable bonds is 16.